The fourth-order valence-electron chi connectivity index (χ4n) is 1.63. The van der Waals surface area contributed by atoms with Crippen LogP contribution in [0.1, 0.15) is 16.1 Å². The van der Waals surface area contributed by atoms with Gasteiger partial charge in [0, 0.05) is 29.3 Å². The Morgan fingerprint density at radius 3 is 3.05 bits per heavy atom. The van der Waals surface area contributed by atoms with Crippen LogP contribution in [0.3, 0.4) is 0 Å². The molecule has 1 aromatic carbocycles. The number of methoxy groups -OCH3 is 1. The van der Waals surface area contributed by atoms with Crippen LogP contribution >= 0.6 is 15.9 Å². The van der Waals surface area contributed by atoms with Crippen LogP contribution in [0.15, 0.2) is 35.2 Å². The molecule has 2 aromatic rings. The highest BCUT2D eigenvalue weighted by molar-refractivity contribution is 9.10. The molecular weight excluding hydrogens is 310 g/mol. The summed E-state index contributed by atoms with van der Waals surface area (Å²) in [6.07, 6.45) is 4.08. The molecule has 0 atom stereocenters. The summed E-state index contributed by atoms with van der Waals surface area (Å²) in [7, 11) is 1.57. The lowest BCUT2D eigenvalue weighted by atomic mass is 10.2. The third kappa shape index (κ3) is 3.57. The number of H-pyrrole nitrogens is 1. The molecule has 0 radical (unpaired) electrons. The molecule has 0 unspecified atom stereocenters. The third-order valence-electron chi connectivity index (χ3n) is 2.65. The zero-order valence-corrected chi connectivity index (χ0v) is 12.0. The normalized spacial score (nSPS) is 10.2. The topological polar surface area (TPSA) is 67.0 Å². The van der Waals surface area contributed by atoms with Gasteiger partial charge in [0.15, 0.2) is 0 Å². The number of carbonyl (C=O) groups excluding carboxylic acids is 1. The van der Waals surface area contributed by atoms with E-state index in [1.165, 1.54) is 0 Å². The lowest BCUT2D eigenvalue weighted by Gasteiger charge is -2.08. The van der Waals surface area contributed by atoms with E-state index in [1.807, 2.05) is 0 Å². The molecule has 5 nitrogen and oxygen atoms in total. The molecule has 6 heteroatoms. The van der Waals surface area contributed by atoms with Crippen LogP contribution in [-0.2, 0) is 6.42 Å². The number of imidazole rings is 1. The van der Waals surface area contributed by atoms with Gasteiger partial charge in [-0.1, -0.05) is 0 Å². The summed E-state index contributed by atoms with van der Waals surface area (Å²) in [5.41, 5.74) is 1.55. The zero-order chi connectivity index (χ0) is 13.7. The van der Waals surface area contributed by atoms with Crippen LogP contribution in [0, 0.1) is 0 Å². The minimum absolute atomic E-state index is 0.134. The molecule has 1 aromatic heterocycles. The first-order valence-corrected chi connectivity index (χ1v) is 6.59. The van der Waals surface area contributed by atoms with Crippen LogP contribution in [0.2, 0.25) is 0 Å². The standard InChI is InChI=1S/C13H14BrN3O2/c1-19-10-2-3-12(14)11(6-10)13(18)16-5-4-9-7-15-8-17-9/h2-3,6-8H,4-5H2,1H3,(H,15,17)(H,16,18). The zero-order valence-electron chi connectivity index (χ0n) is 10.4. The predicted octanol–water partition coefficient (Wildman–Crippen LogP) is 2.15. The van der Waals surface area contributed by atoms with Crippen molar-refractivity contribution in [2.24, 2.45) is 0 Å². The summed E-state index contributed by atoms with van der Waals surface area (Å²) >= 11 is 3.36. The molecule has 1 heterocycles. The first kappa shape index (κ1) is 13.6. The lowest BCUT2D eigenvalue weighted by Crippen LogP contribution is -2.26. The van der Waals surface area contributed by atoms with Gasteiger partial charge in [-0.2, -0.15) is 0 Å². The lowest BCUT2D eigenvalue weighted by molar-refractivity contribution is 0.0953. The Morgan fingerprint density at radius 2 is 2.37 bits per heavy atom. The smallest absolute Gasteiger partial charge is 0.252 e. The second kappa shape index (κ2) is 6.38. The Bertz CT molecular complexity index is 555. The van der Waals surface area contributed by atoms with E-state index in [2.05, 4.69) is 31.2 Å². The van der Waals surface area contributed by atoms with Gasteiger partial charge >= 0.3 is 0 Å². The number of nitrogens with zero attached hydrogens (tertiary/aromatic N) is 1. The molecule has 0 aliphatic rings. The fourth-order valence-corrected chi connectivity index (χ4v) is 2.06. The second-order valence-corrected chi connectivity index (χ2v) is 4.78. The van der Waals surface area contributed by atoms with Gasteiger partial charge in [-0.25, -0.2) is 4.98 Å². The van der Waals surface area contributed by atoms with Crippen LogP contribution in [-0.4, -0.2) is 29.5 Å². The maximum absolute atomic E-state index is 12.0. The van der Waals surface area contributed by atoms with Gasteiger partial charge in [0.05, 0.1) is 19.0 Å². The molecule has 0 aliphatic carbocycles. The van der Waals surface area contributed by atoms with E-state index in [0.29, 0.717) is 24.3 Å². The highest BCUT2D eigenvalue weighted by Gasteiger charge is 2.10. The number of benzene rings is 1. The summed E-state index contributed by atoms with van der Waals surface area (Å²) in [6, 6.07) is 5.30. The van der Waals surface area contributed by atoms with E-state index < -0.39 is 0 Å². The van der Waals surface area contributed by atoms with E-state index in [4.69, 9.17) is 4.74 Å². The SMILES string of the molecule is COc1ccc(Br)c(C(=O)NCCc2cnc[nH]2)c1. The maximum atomic E-state index is 12.0. The third-order valence-corrected chi connectivity index (χ3v) is 3.34. The predicted molar refractivity (Wildman–Crippen MR) is 75.3 cm³/mol. The number of hydrogen-bond donors (Lipinski definition) is 2. The number of carbonyl (C=O) groups is 1. The van der Waals surface area contributed by atoms with E-state index in [1.54, 1.807) is 37.8 Å². The molecule has 0 fully saturated rings. The van der Waals surface area contributed by atoms with E-state index >= 15 is 0 Å². The van der Waals surface area contributed by atoms with Crippen LogP contribution < -0.4 is 10.1 Å². The Labute approximate surface area is 119 Å². The van der Waals surface area contributed by atoms with Gasteiger partial charge in [0.2, 0.25) is 0 Å². The van der Waals surface area contributed by atoms with Crippen molar-refractivity contribution in [1.29, 1.82) is 0 Å². The minimum Gasteiger partial charge on any atom is -0.497 e. The van der Waals surface area contributed by atoms with Crippen LogP contribution in [0.4, 0.5) is 0 Å². The van der Waals surface area contributed by atoms with Crippen molar-refractivity contribution in [3.05, 3.63) is 46.5 Å². The molecule has 19 heavy (non-hydrogen) atoms. The number of rotatable bonds is 5. The monoisotopic (exact) mass is 323 g/mol. The molecule has 0 saturated heterocycles. The van der Waals surface area contributed by atoms with Crippen molar-refractivity contribution in [3.8, 4) is 5.75 Å². The Hall–Kier alpha value is -1.82. The summed E-state index contributed by atoms with van der Waals surface area (Å²) in [4.78, 5) is 19.0. The summed E-state index contributed by atoms with van der Waals surface area (Å²) in [6.45, 7) is 0.546. The highest BCUT2D eigenvalue weighted by atomic mass is 79.9. The van der Waals surface area contributed by atoms with Crippen molar-refractivity contribution < 1.29 is 9.53 Å². The fraction of sp³-hybridized carbons (Fsp3) is 0.231. The van der Waals surface area contributed by atoms with Gasteiger partial charge in [-0.05, 0) is 34.1 Å². The highest BCUT2D eigenvalue weighted by Crippen LogP contribution is 2.22. The van der Waals surface area contributed by atoms with Gasteiger partial charge in [-0.3, -0.25) is 4.79 Å². The Morgan fingerprint density at radius 1 is 1.53 bits per heavy atom. The molecule has 2 N–H and O–H groups in total. The average Bonchev–Trinajstić information content (AvgIpc) is 2.92. The quantitative estimate of drug-likeness (QED) is 0.886. The van der Waals surface area contributed by atoms with Crippen molar-refractivity contribution in [1.82, 2.24) is 15.3 Å². The molecule has 0 saturated carbocycles. The number of halogens is 1. The van der Waals surface area contributed by atoms with Crippen molar-refractivity contribution in [2.45, 2.75) is 6.42 Å². The van der Waals surface area contributed by atoms with E-state index in [-0.39, 0.29) is 5.91 Å². The van der Waals surface area contributed by atoms with E-state index in [9.17, 15) is 4.79 Å². The van der Waals surface area contributed by atoms with Crippen LogP contribution in [0.25, 0.3) is 0 Å². The van der Waals surface area contributed by atoms with Gasteiger partial charge in [0.1, 0.15) is 5.75 Å². The van der Waals surface area contributed by atoms with Crippen molar-refractivity contribution in [3.63, 3.8) is 0 Å². The Balaban J connectivity index is 1.95. The van der Waals surface area contributed by atoms with Crippen LogP contribution in [0.5, 0.6) is 5.75 Å². The van der Waals surface area contributed by atoms with Crippen molar-refractivity contribution in [2.75, 3.05) is 13.7 Å². The van der Waals surface area contributed by atoms with Gasteiger partial charge in [-0.15, -0.1) is 0 Å². The minimum atomic E-state index is -0.134. The maximum Gasteiger partial charge on any atom is 0.252 e. The largest absolute Gasteiger partial charge is 0.497 e. The van der Waals surface area contributed by atoms with Gasteiger partial charge in [0.25, 0.3) is 5.91 Å². The number of aromatic amines is 1. The number of hydrogen-bond acceptors (Lipinski definition) is 3. The molecule has 0 aliphatic heterocycles. The molecule has 0 bridgehead atoms. The molecule has 100 valence electrons. The molecule has 0 spiro atoms. The number of nitrogens with one attached hydrogen (secondary N) is 2. The molecular formula is C13H14BrN3O2. The molecule has 2 rings (SSSR count). The second-order valence-electron chi connectivity index (χ2n) is 3.93. The number of ether oxygens (including phenoxy) is 1. The average molecular weight is 324 g/mol. The summed E-state index contributed by atoms with van der Waals surface area (Å²) in [5, 5.41) is 2.86. The number of amides is 1. The molecule has 1 amide bonds. The van der Waals surface area contributed by atoms with E-state index in [0.717, 1.165) is 10.2 Å². The first-order chi connectivity index (χ1) is 9.20. The number of aromatic nitrogens is 2. The first-order valence-electron chi connectivity index (χ1n) is 5.79. The van der Waals surface area contributed by atoms with Crippen molar-refractivity contribution >= 4 is 21.8 Å². The summed E-state index contributed by atoms with van der Waals surface area (Å²) in [5.74, 6) is 0.521. The Kier molecular flexibility index (Phi) is 4.57. The summed E-state index contributed by atoms with van der Waals surface area (Å²) < 4.78 is 5.85. The van der Waals surface area contributed by atoms with Gasteiger partial charge < -0.3 is 15.0 Å².